The normalized spacial score (nSPS) is 33.1. The van der Waals surface area contributed by atoms with Crippen LogP contribution >= 0.6 is 0 Å². The number of Topliss-reactive ketones (excluding diaryl/α,β-unsaturated/α-hetero) is 1. The van der Waals surface area contributed by atoms with Gasteiger partial charge in [-0.2, -0.15) is 0 Å². The van der Waals surface area contributed by atoms with Crippen molar-refractivity contribution in [2.24, 2.45) is 23.2 Å². The molecule has 0 aliphatic heterocycles. The van der Waals surface area contributed by atoms with Crippen molar-refractivity contribution in [3.63, 3.8) is 0 Å². The first-order chi connectivity index (χ1) is 11.6. The van der Waals surface area contributed by atoms with Gasteiger partial charge in [0, 0.05) is 18.3 Å². The average Bonchev–Trinajstić information content (AvgIpc) is 2.55. The zero-order valence-corrected chi connectivity index (χ0v) is 15.4. The van der Waals surface area contributed by atoms with E-state index in [4.69, 9.17) is 0 Å². The number of alkyl halides is 2. The van der Waals surface area contributed by atoms with Crippen LogP contribution in [0.15, 0.2) is 23.8 Å². The Balaban J connectivity index is 0.00000100. The van der Waals surface area contributed by atoms with Crippen LogP contribution in [0.25, 0.3) is 0 Å². The fourth-order valence-corrected chi connectivity index (χ4v) is 5.12. The Kier molecular flexibility index (Phi) is 6.77. The number of hydrogen-bond acceptors (Lipinski definition) is 1. The lowest BCUT2D eigenvalue weighted by Crippen LogP contribution is -2.72. The van der Waals surface area contributed by atoms with Crippen molar-refractivity contribution in [2.45, 2.75) is 78.6 Å². The van der Waals surface area contributed by atoms with Gasteiger partial charge in [-0.15, -0.1) is 0 Å². The fourth-order valence-electron chi connectivity index (χ4n) is 5.12. The maximum absolute atomic E-state index is 12.5. The molecule has 3 fully saturated rings. The molecule has 0 aromatic heterocycles. The third kappa shape index (κ3) is 3.65. The summed E-state index contributed by atoms with van der Waals surface area (Å²) in [5.74, 6) is 2.97. The van der Waals surface area contributed by atoms with Gasteiger partial charge in [0.1, 0.15) is 5.78 Å². The van der Waals surface area contributed by atoms with E-state index in [1.165, 1.54) is 6.42 Å². The van der Waals surface area contributed by atoms with Crippen molar-refractivity contribution in [3.05, 3.63) is 23.8 Å². The Hall–Kier alpha value is -0.990. The first-order valence-electron chi connectivity index (χ1n) is 9.74. The van der Waals surface area contributed by atoms with Crippen LogP contribution in [0.2, 0.25) is 0 Å². The highest BCUT2D eigenvalue weighted by atomic mass is 19.3. The maximum atomic E-state index is 12.5. The first-order valence-corrected chi connectivity index (χ1v) is 9.74. The summed E-state index contributed by atoms with van der Waals surface area (Å²) < 4.78 is 24.3. The van der Waals surface area contributed by atoms with Crippen LogP contribution in [0.1, 0.15) is 72.1 Å². The summed E-state index contributed by atoms with van der Waals surface area (Å²) in [5.41, 5.74) is 1.18. The van der Waals surface area contributed by atoms with Crippen LogP contribution in [0.5, 0.6) is 0 Å². The van der Waals surface area contributed by atoms with Gasteiger partial charge >= 0.3 is 0 Å². The minimum absolute atomic E-state index is 0.0910. The second-order valence-corrected chi connectivity index (χ2v) is 7.34. The number of allylic oxidation sites excluding steroid dienone is 4. The van der Waals surface area contributed by atoms with Crippen molar-refractivity contribution in [2.75, 3.05) is 0 Å². The zero-order valence-electron chi connectivity index (χ0n) is 15.4. The maximum Gasteiger partial charge on any atom is 0.242 e. The lowest BCUT2D eigenvalue weighted by atomic mass is 9.28. The van der Waals surface area contributed by atoms with Gasteiger partial charge in [0.2, 0.25) is 6.43 Å². The lowest BCUT2D eigenvalue weighted by molar-refractivity contribution is -0.257. The summed E-state index contributed by atoms with van der Waals surface area (Å²) in [7, 11) is 0. The van der Waals surface area contributed by atoms with Gasteiger partial charge in [-0.25, -0.2) is 8.78 Å². The van der Waals surface area contributed by atoms with Crippen molar-refractivity contribution in [3.8, 4) is 0 Å². The third-order valence-electron chi connectivity index (χ3n) is 6.05. The molecule has 2 atom stereocenters. The average molecular weight is 338 g/mol. The summed E-state index contributed by atoms with van der Waals surface area (Å²) in [4.78, 5) is 12.5. The molecule has 0 aromatic carbocycles. The Morgan fingerprint density at radius 1 is 1.21 bits per heavy atom. The molecule has 24 heavy (non-hydrogen) atoms. The minimum atomic E-state index is -2.28. The number of hydrogen-bond donors (Lipinski definition) is 0. The van der Waals surface area contributed by atoms with Gasteiger partial charge in [0.25, 0.3) is 0 Å². The fraction of sp³-hybridized carbons (Fsp3) is 0.762. The molecule has 3 aliphatic carbocycles. The Morgan fingerprint density at radius 3 is 2.38 bits per heavy atom. The molecule has 0 bridgehead atoms. The number of ketones is 1. The molecule has 3 rings (SSSR count). The number of halogens is 2. The van der Waals surface area contributed by atoms with E-state index in [1.54, 1.807) is 6.08 Å². The van der Waals surface area contributed by atoms with E-state index >= 15 is 0 Å². The molecule has 0 radical (unpaired) electrons. The van der Waals surface area contributed by atoms with Crippen molar-refractivity contribution < 1.29 is 13.6 Å². The standard InChI is InChI=1S/C19H26F2O.C2H6/c1-2-5-13(7-4-9-17(20)21)6-3-8-16(22)19-11-14-10-15(12-19)18(14)19;1-2/h4-5,7,14-15,17-18H,2-3,6,8-12H2,1H3;1-2H3/b7-4-,13-5-;. The molecular weight excluding hydrogens is 306 g/mol. The zero-order chi connectivity index (χ0) is 17.7. The topological polar surface area (TPSA) is 17.1 Å². The number of rotatable bonds is 9. The van der Waals surface area contributed by atoms with Gasteiger partial charge in [0.15, 0.2) is 0 Å². The molecule has 0 amide bonds. The van der Waals surface area contributed by atoms with Crippen molar-refractivity contribution >= 4 is 5.78 Å². The predicted molar refractivity (Wildman–Crippen MR) is 95.1 cm³/mol. The highest BCUT2D eigenvalue weighted by molar-refractivity contribution is 5.88. The molecule has 3 heteroatoms. The van der Waals surface area contributed by atoms with Gasteiger partial charge in [-0.1, -0.05) is 44.6 Å². The van der Waals surface area contributed by atoms with E-state index in [-0.39, 0.29) is 11.8 Å². The van der Waals surface area contributed by atoms with E-state index in [0.29, 0.717) is 12.2 Å². The molecule has 0 saturated heterocycles. The van der Waals surface area contributed by atoms with Gasteiger partial charge in [0.05, 0.1) is 0 Å². The smallest absolute Gasteiger partial charge is 0.242 e. The van der Waals surface area contributed by atoms with Crippen LogP contribution in [0, 0.1) is 23.2 Å². The van der Waals surface area contributed by atoms with E-state index < -0.39 is 6.43 Å². The summed E-state index contributed by atoms with van der Waals surface area (Å²) in [5, 5.41) is 0. The Morgan fingerprint density at radius 2 is 1.88 bits per heavy atom. The van der Waals surface area contributed by atoms with E-state index in [0.717, 1.165) is 55.4 Å². The molecule has 2 unspecified atom stereocenters. The summed E-state index contributed by atoms with van der Waals surface area (Å²) in [6.45, 7) is 6.05. The third-order valence-corrected chi connectivity index (χ3v) is 6.05. The predicted octanol–water partition coefficient (Wildman–Crippen LogP) is 6.35. The van der Waals surface area contributed by atoms with Crippen LogP contribution < -0.4 is 0 Å². The number of carbonyl (C=O) groups excluding carboxylic acids is 1. The van der Waals surface area contributed by atoms with Crippen LogP contribution in [-0.4, -0.2) is 12.2 Å². The molecule has 0 N–H and O–H groups in total. The van der Waals surface area contributed by atoms with Crippen molar-refractivity contribution in [1.29, 1.82) is 0 Å². The molecule has 1 nitrogen and oxygen atoms in total. The van der Waals surface area contributed by atoms with E-state index in [1.807, 2.05) is 26.8 Å². The largest absolute Gasteiger partial charge is 0.299 e. The second-order valence-electron chi connectivity index (χ2n) is 7.34. The highest BCUT2D eigenvalue weighted by Crippen LogP contribution is 2.77. The Labute approximate surface area is 145 Å². The van der Waals surface area contributed by atoms with E-state index in [9.17, 15) is 13.6 Å². The summed E-state index contributed by atoms with van der Waals surface area (Å²) in [6.07, 6.45) is 9.90. The molecule has 0 aromatic rings. The van der Waals surface area contributed by atoms with Crippen molar-refractivity contribution in [1.82, 2.24) is 0 Å². The molecule has 136 valence electrons. The van der Waals surface area contributed by atoms with Crippen LogP contribution in [-0.2, 0) is 4.79 Å². The van der Waals surface area contributed by atoms with Gasteiger partial charge in [-0.3, -0.25) is 4.79 Å². The lowest BCUT2D eigenvalue weighted by Gasteiger charge is -2.75. The van der Waals surface area contributed by atoms with Crippen LogP contribution in [0.4, 0.5) is 8.78 Å². The second kappa shape index (κ2) is 8.40. The summed E-state index contributed by atoms with van der Waals surface area (Å²) in [6, 6.07) is 0. The monoisotopic (exact) mass is 338 g/mol. The van der Waals surface area contributed by atoms with Gasteiger partial charge in [-0.05, 0) is 56.3 Å². The minimum Gasteiger partial charge on any atom is -0.299 e. The quantitative estimate of drug-likeness (QED) is 0.448. The molecule has 3 aliphatic rings. The Bertz CT molecular complexity index is 480. The number of carbonyl (C=O) groups is 1. The van der Waals surface area contributed by atoms with E-state index in [2.05, 4.69) is 6.08 Å². The molecule has 3 saturated carbocycles. The first kappa shape index (κ1) is 19.3. The highest BCUT2D eigenvalue weighted by Gasteiger charge is 2.73. The molecule has 0 heterocycles. The van der Waals surface area contributed by atoms with Crippen LogP contribution in [0.3, 0.4) is 0 Å². The molecular formula is C21H32F2O. The molecule has 0 spiro atoms. The SMILES string of the molecule is CC.CC/C=C(\C=C/CC(F)F)CCCC(=O)C12CC3CC(C1)C32. The van der Waals surface area contributed by atoms with Gasteiger partial charge < -0.3 is 0 Å². The summed E-state index contributed by atoms with van der Waals surface area (Å²) >= 11 is 0.